The number of amides is 1. The molecule has 0 spiro atoms. The van der Waals surface area contributed by atoms with Crippen LogP contribution in [0.5, 0.6) is 0 Å². The Morgan fingerprint density at radius 2 is 1.92 bits per heavy atom. The molecule has 4 aromatic heterocycles. The number of hydrogen-bond donors (Lipinski definition) is 4. The van der Waals surface area contributed by atoms with Crippen molar-refractivity contribution in [2.75, 3.05) is 10.6 Å². The molecule has 0 saturated heterocycles. The molecular formula is C25H31N9O2S. The summed E-state index contributed by atoms with van der Waals surface area (Å²) in [6.45, 7) is 6.25. The average molecular weight is 522 g/mol. The lowest BCUT2D eigenvalue weighted by molar-refractivity contribution is 0.0492. The highest BCUT2D eigenvalue weighted by Gasteiger charge is 2.25. The van der Waals surface area contributed by atoms with Crippen molar-refractivity contribution in [1.82, 2.24) is 35.5 Å². The van der Waals surface area contributed by atoms with Gasteiger partial charge >= 0.3 is 6.09 Å². The van der Waals surface area contributed by atoms with Crippen LogP contribution >= 0.6 is 11.3 Å². The maximum atomic E-state index is 12.0. The van der Waals surface area contributed by atoms with E-state index in [9.17, 15) is 4.79 Å². The Hall–Kier alpha value is -3.80. The van der Waals surface area contributed by atoms with Crippen LogP contribution in [0.3, 0.4) is 0 Å². The van der Waals surface area contributed by atoms with Gasteiger partial charge in [-0.25, -0.2) is 19.7 Å². The number of nitrogens with one attached hydrogen (secondary N) is 4. The summed E-state index contributed by atoms with van der Waals surface area (Å²) in [6.07, 6.45) is 6.65. The van der Waals surface area contributed by atoms with E-state index in [1.807, 2.05) is 32.2 Å². The third-order valence-corrected chi connectivity index (χ3v) is 6.76. The summed E-state index contributed by atoms with van der Waals surface area (Å²) in [5.41, 5.74) is 2.69. The number of aromatic nitrogens is 6. The van der Waals surface area contributed by atoms with Gasteiger partial charge in [0.1, 0.15) is 11.3 Å². The zero-order valence-electron chi connectivity index (χ0n) is 21.1. The average Bonchev–Trinajstić information content (AvgIpc) is 3.53. The van der Waals surface area contributed by atoms with Crippen molar-refractivity contribution in [3.63, 3.8) is 0 Å². The number of ether oxygens (including phenoxy) is 1. The van der Waals surface area contributed by atoms with Gasteiger partial charge in [0.2, 0.25) is 11.9 Å². The Kier molecular flexibility index (Phi) is 7.17. The van der Waals surface area contributed by atoms with Crippen LogP contribution in [-0.2, 0) is 11.3 Å². The second-order valence-corrected chi connectivity index (χ2v) is 10.9. The molecule has 11 nitrogen and oxygen atoms in total. The molecule has 0 atom stereocenters. The molecule has 0 unspecified atom stereocenters. The predicted molar refractivity (Wildman–Crippen MR) is 143 cm³/mol. The lowest BCUT2D eigenvalue weighted by atomic mass is 9.91. The van der Waals surface area contributed by atoms with Crippen molar-refractivity contribution < 1.29 is 9.53 Å². The van der Waals surface area contributed by atoms with Crippen LogP contribution in [0.2, 0.25) is 0 Å². The summed E-state index contributed by atoms with van der Waals surface area (Å²) in [7, 11) is 0. The lowest BCUT2D eigenvalue weighted by Crippen LogP contribution is -2.42. The highest BCUT2D eigenvalue weighted by Crippen LogP contribution is 2.26. The number of alkyl carbamates (subject to hydrolysis) is 1. The van der Waals surface area contributed by atoms with Crippen molar-refractivity contribution >= 4 is 40.4 Å². The summed E-state index contributed by atoms with van der Waals surface area (Å²) < 4.78 is 5.37. The molecule has 37 heavy (non-hydrogen) atoms. The minimum absolute atomic E-state index is 0.115. The number of nitrogens with zero attached hydrogens (tertiary/aromatic N) is 5. The highest BCUT2D eigenvalue weighted by molar-refractivity contribution is 7.07. The van der Waals surface area contributed by atoms with Crippen molar-refractivity contribution in [1.29, 1.82) is 0 Å². The fraction of sp³-hybridized carbons (Fsp3) is 0.440. The number of fused-ring (bicyclic) bond motifs is 1. The second kappa shape index (κ2) is 10.7. The van der Waals surface area contributed by atoms with Gasteiger partial charge in [-0.2, -0.15) is 21.4 Å². The van der Waals surface area contributed by atoms with Gasteiger partial charge in [-0.15, -0.1) is 0 Å². The molecule has 12 heteroatoms. The predicted octanol–water partition coefficient (Wildman–Crippen LogP) is 4.73. The Morgan fingerprint density at radius 1 is 1.11 bits per heavy atom. The van der Waals surface area contributed by atoms with Crippen molar-refractivity contribution in [2.24, 2.45) is 0 Å². The number of aromatic amines is 1. The molecule has 0 bridgehead atoms. The van der Waals surface area contributed by atoms with Crippen molar-refractivity contribution in [2.45, 2.75) is 70.7 Å². The number of carbonyl (C=O) groups is 1. The van der Waals surface area contributed by atoms with E-state index in [0.717, 1.165) is 31.1 Å². The van der Waals surface area contributed by atoms with E-state index in [0.29, 0.717) is 35.5 Å². The standard InChI is InChI=1S/C25H31N9O2S/c1-25(2,3)36-24(35)30-17-6-4-16(5-7-17)29-23-28-13-18-20(33-34-21(18)32-23)19-8-10-26-22(31-19)27-12-15-9-11-37-14-15/h8-11,13-14,16-17H,4-7,12H2,1-3H3,(H,30,35)(H,26,27,31)(H2,28,29,32,33,34)/t16-,17-. The van der Waals surface area contributed by atoms with Crippen LogP contribution in [0.4, 0.5) is 16.7 Å². The molecule has 4 aromatic rings. The Morgan fingerprint density at radius 3 is 2.68 bits per heavy atom. The van der Waals surface area contributed by atoms with Gasteiger partial charge in [0, 0.05) is 31.0 Å². The third kappa shape index (κ3) is 6.50. The van der Waals surface area contributed by atoms with Gasteiger partial charge in [0.15, 0.2) is 5.65 Å². The molecule has 1 aliphatic rings. The van der Waals surface area contributed by atoms with E-state index in [1.165, 1.54) is 5.56 Å². The zero-order chi connectivity index (χ0) is 25.8. The molecule has 0 aliphatic heterocycles. The Balaban J connectivity index is 1.18. The topological polar surface area (TPSA) is 143 Å². The van der Waals surface area contributed by atoms with Gasteiger partial charge in [-0.3, -0.25) is 5.10 Å². The van der Waals surface area contributed by atoms with E-state index >= 15 is 0 Å². The molecule has 4 heterocycles. The molecular weight excluding hydrogens is 490 g/mol. The van der Waals surface area contributed by atoms with E-state index < -0.39 is 5.60 Å². The van der Waals surface area contributed by atoms with Crippen LogP contribution in [-0.4, -0.2) is 53.9 Å². The number of H-pyrrole nitrogens is 1. The third-order valence-electron chi connectivity index (χ3n) is 6.03. The van der Waals surface area contributed by atoms with E-state index in [4.69, 9.17) is 4.74 Å². The molecule has 4 N–H and O–H groups in total. The number of thiophene rings is 1. The minimum Gasteiger partial charge on any atom is -0.444 e. The second-order valence-electron chi connectivity index (χ2n) is 10.1. The molecule has 5 rings (SSSR count). The Labute approximate surface area is 218 Å². The van der Waals surface area contributed by atoms with Crippen LogP contribution in [0.15, 0.2) is 35.3 Å². The van der Waals surface area contributed by atoms with E-state index in [-0.39, 0.29) is 18.2 Å². The lowest BCUT2D eigenvalue weighted by Gasteiger charge is -2.30. The van der Waals surface area contributed by atoms with Crippen LogP contribution in [0.1, 0.15) is 52.0 Å². The minimum atomic E-state index is -0.498. The normalized spacial score (nSPS) is 17.9. The van der Waals surface area contributed by atoms with Crippen molar-refractivity contribution in [3.8, 4) is 11.4 Å². The molecule has 1 amide bonds. The summed E-state index contributed by atoms with van der Waals surface area (Å²) in [5.74, 6) is 1.09. The summed E-state index contributed by atoms with van der Waals surface area (Å²) >= 11 is 1.66. The summed E-state index contributed by atoms with van der Waals surface area (Å²) in [6, 6.07) is 4.23. The van der Waals surface area contributed by atoms with Crippen molar-refractivity contribution in [3.05, 3.63) is 40.8 Å². The molecule has 1 fully saturated rings. The van der Waals surface area contributed by atoms with Gasteiger partial charge in [-0.1, -0.05) is 0 Å². The molecule has 1 aliphatic carbocycles. The SMILES string of the molecule is CC(C)(C)OC(=O)N[C@H]1CC[C@H](Nc2ncc3c(-c4ccnc(NCc5ccsc5)n4)n[nH]c3n2)CC1. The fourth-order valence-electron chi connectivity index (χ4n) is 4.26. The van der Waals surface area contributed by atoms with Gasteiger partial charge in [0.25, 0.3) is 0 Å². The van der Waals surface area contributed by atoms with Crippen LogP contribution in [0, 0.1) is 0 Å². The Bertz CT molecular complexity index is 1340. The first-order chi connectivity index (χ1) is 17.8. The first kappa shape index (κ1) is 24.9. The molecule has 0 radical (unpaired) electrons. The monoisotopic (exact) mass is 521 g/mol. The molecule has 194 valence electrons. The van der Waals surface area contributed by atoms with Gasteiger partial charge in [-0.05, 0) is 74.9 Å². The smallest absolute Gasteiger partial charge is 0.407 e. The van der Waals surface area contributed by atoms with Gasteiger partial charge in [0.05, 0.1) is 11.1 Å². The van der Waals surface area contributed by atoms with Gasteiger partial charge < -0.3 is 20.7 Å². The summed E-state index contributed by atoms with van der Waals surface area (Å²) in [5, 5.41) is 22.0. The zero-order valence-corrected chi connectivity index (χ0v) is 21.9. The molecule has 0 aromatic carbocycles. The highest BCUT2D eigenvalue weighted by atomic mass is 32.1. The fourth-order valence-corrected chi connectivity index (χ4v) is 4.93. The van der Waals surface area contributed by atoms with Crippen LogP contribution in [0.25, 0.3) is 22.4 Å². The number of carbonyl (C=O) groups excluding carboxylic acids is 1. The number of rotatable bonds is 7. The maximum absolute atomic E-state index is 12.0. The van der Waals surface area contributed by atoms with E-state index in [1.54, 1.807) is 23.7 Å². The van der Waals surface area contributed by atoms with Crippen LogP contribution < -0.4 is 16.0 Å². The first-order valence-corrected chi connectivity index (χ1v) is 13.3. The summed E-state index contributed by atoms with van der Waals surface area (Å²) in [4.78, 5) is 30.1. The largest absolute Gasteiger partial charge is 0.444 e. The quantitative estimate of drug-likeness (QED) is 0.271. The first-order valence-electron chi connectivity index (χ1n) is 12.4. The van der Waals surface area contributed by atoms with E-state index in [2.05, 4.69) is 57.5 Å². The molecule has 1 saturated carbocycles. The number of anilines is 2. The number of hydrogen-bond acceptors (Lipinski definition) is 10. The maximum Gasteiger partial charge on any atom is 0.407 e.